The van der Waals surface area contributed by atoms with Crippen molar-refractivity contribution in [3.63, 3.8) is 0 Å². The van der Waals surface area contributed by atoms with Gasteiger partial charge in [0.05, 0.1) is 0 Å². The molecule has 0 aliphatic rings. The first-order valence-corrected chi connectivity index (χ1v) is 31.7. The van der Waals surface area contributed by atoms with Crippen LogP contribution in [0.25, 0.3) is 164 Å². The van der Waals surface area contributed by atoms with Crippen LogP contribution in [0.3, 0.4) is 0 Å². The molecule has 6 heteroatoms. The van der Waals surface area contributed by atoms with Crippen LogP contribution in [0.1, 0.15) is 74.9 Å². The maximum Gasteiger partial charge on any atom is 0.234 e. The van der Waals surface area contributed by atoms with Gasteiger partial charge in [-0.15, -0.1) is 0 Å². The first-order valence-electron chi connectivity index (χ1n) is 31.7. The minimum absolute atomic E-state index is 0.0949. The predicted octanol–water partition coefficient (Wildman–Crippen LogP) is 18.2. The van der Waals surface area contributed by atoms with E-state index in [2.05, 4.69) is 187 Å². The molecule has 90 heavy (non-hydrogen) atoms. The van der Waals surface area contributed by atoms with E-state index in [1.807, 2.05) is 36.4 Å². The minimum atomic E-state index is -0.767. The lowest BCUT2D eigenvalue weighted by atomic mass is 9.76. The van der Waals surface area contributed by atoms with Gasteiger partial charge in [-0.3, -0.25) is 28.8 Å². The molecule has 0 aliphatic heterocycles. The summed E-state index contributed by atoms with van der Waals surface area (Å²) in [4.78, 5) is 97.6. The van der Waals surface area contributed by atoms with E-state index in [0.29, 0.717) is 64.6 Å². The molecule has 0 N–H and O–H groups in total. The molecule has 0 atom stereocenters. The maximum atomic E-state index is 16.3. The normalized spacial score (nSPS) is 12.2. The van der Waals surface area contributed by atoms with Gasteiger partial charge in [0.25, 0.3) is 0 Å². The highest BCUT2D eigenvalue weighted by atomic mass is 16.2. The lowest BCUT2D eigenvalue weighted by Crippen LogP contribution is -2.30. The highest BCUT2D eigenvalue weighted by Gasteiger charge is 2.34. The average Bonchev–Trinajstić information content (AvgIpc) is 0.653. The molecule has 6 nitrogen and oxygen atoms in total. The number of aryl methyl sites for hydroxylation is 6. The Balaban J connectivity index is 1.19. The smallest absolute Gasteiger partial charge is 0.234 e. The molecule has 0 saturated carbocycles. The summed E-state index contributed by atoms with van der Waals surface area (Å²) in [5.41, 5.74) is 12.0. The molecule has 0 bridgehead atoms. The van der Waals surface area contributed by atoms with Crippen molar-refractivity contribution >= 4 is 97.0 Å². The van der Waals surface area contributed by atoms with Crippen molar-refractivity contribution in [2.75, 3.05) is 0 Å². The quantitative estimate of drug-likeness (QED) is 0.0686. The van der Waals surface area contributed by atoms with Gasteiger partial charge in [-0.05, 0) is 207 Å². The van der Waals surface area contributed by atoms with E-state index in [1.165, 1.54) is 0 Å². The summed E-state index contributed by atoms with van der Waals surface area (Å²) in [6.45, 7) is 12.6. The van der Waals surface area contributed by atoms with E-state index < -0.39 is 32.6 Å². The largest absolute Gasteiger partial charge is 0.285 e. The molecule has 0 heterocycles. The molecule has 0 fully saturated rings. The van der Waals surface area contributed by atoms with E-state index >= 15 is 28.8 Å². The highest BCUT2D eigenvalue weighted by Crippen LogP contribution is 2.54. The Morgan fingerprint density at radius 2 is 0.300 bits per heavy atom. The van der Waals surface area contributed by atoms with Crippen LogP contribution in [-0.4, -0.2) is 0 Å². The molecule has 0 unspecified atom stereocenters. The van der Waals surface area contributed by atoms with Crippen molar-refractivity contribution < 1.29 is 0 Å². The molecule has 0 aromatic heterocycles. The van der Waals surface area contributed by atoms with Crippen LogP contribution in [-0.2, 0) is 38.5 Å². The van der Waals surface area contributed by atoms with Crippen LogP contribution in [0.4, 0.5) is 0 Å². The van der Waals surface area contributed by atoms with E-state index in [0.717, 1.165) is 139 Å². The average molecular weight is 1170 g/mol. The third-order valence-corrected chi connectivity index (χ3v) is 20.1. The van der Waals surface area contributed by atoms with Crippen LogP contribution < -0.4 is 32.6 Å². The first-order chi connectivity index (χ1) is 43.9. The molecule has 16 aromatic carbocycles. The number of hydrogen-bond acceptors (Lipinski definition) is 6. The summed E-state index contributed by atoms with van der Waals surface area (Å²) in [6, 6.07) is 61.3. The summed E-state index contributed by atoms with van der Waals surface area (Å²) in [5.74, 6) is 0. The number of fused-ring (bicyclic) bond motifs is 9. The zero-order valence-electron chi connectivity index (χ0n) is 51.0. The molecule has 0 spiro atoms. The van der Waals surface area contributed by atoms with E-state index in [9.17, 15) is 0 Å². The van der Waals surface area contributed by atoms with Gasteiger partial charge in [-0.2, -0.15) is 0 Å². The first kappa shape index (κ1) is 54.8. The van der Waals surface area contributed by atoms with Crippen LogP contribution in [0.15, 0.2) is 211 Å². The Morgan fingerprint density at radius 3 is 0.411 bits per heavy atom. The molecular weight excluding hydrogens is 1100 g/mol. The summed E-state index contributed by atoms with van der Waals surface area (Å²) in [7, 11) is 0. The molecule has 432 valence electrons. The van der Waals surface area contributed by atoms with Crippen molar-refractivity contribution in [2.45, 2.75) is 80.1 Å². The van der Waals surface area contributed by atoms with E-state index in [1.54, 1.807) is 0 Å². The van der Waals surface area contributed by atoms with Gasteiger partial charge in [0, 0.05) is 64.6 Å². The molecule has 16 rings (SSSR count). The van der Waals surface area contributed by atoms with Crippen molar-refractivity contribution in [3.8, 4) is 66.8 Å². The second-order valence-corrected chi connectivity index (χ2v) is 24.6. The monoisotopic (exact) mass is 1160 g/mol. The van der Waals surface area contributed by atoms with Crippen LogP contribution in [0, 0.1) is 0 Å². The van der Waals surface area contributed by atoms with Crippen molar-refractivity contribution in [3.05, 3.63) is 277 Å². The Kier molecular flexibility index (Phi) is 12.5. The van der Waals surface area contributed by atoms with Crippen molar-refractivity contribution in [2.24, 2.45) is 0 Å². The lowest BCUT2D eigenvalue weighted by Gasteiger charge is -2.24. The molecular formula is C84H60O6. The number of rotatable bonds is 12. The fourth-order valence-corrected chi connectivity index (χ4v) is 15.1. The topological polar surface area (TPSA) is 102 Å². The number of hydrogen-bond donors (Lipinski definition) is 0. The zero-order chi connectivity index (χ0) is 61.7. The fraction of sp³-hybridized carbons (Fsp3) is 0.143. The van der Waals surface area contributed by atoms with Gasteiger partial charge < -0.3 is 0 Å². The molecule has 0 aliphatic carbocycles. The fourth-order valence-electron chi connectivity index (χ4n) is 15.1. The predicted molar refractivity (Wildman–Crippen MR) is 378 cm³/mol. The van der Waals surface area contributed by atoms with Gasteiger partial charge >= 0.3 is 0 Å². The Bertz CT molecular complexity index is 5020. The van der Waals surface area contributed by atoms with E-state index in [-0.39, 0.29) is 32.3 Å². The Labute approximate surface area is 517 Å². The highest BCUT2D eigenvalue weighted by molar-refractivity contribution is 6.53. The summed E-state index contributed by atoms with van der Waals surface area (Å²) < 4.78 is 0. The van der Waals surface area contributed by atoms with Crippen LogP contribution in [0.5, 0.6) is 0 Å². The van der Waals surface area contributed by atoms with Crippen LogP contribution in [0.2, 0.25) is 0 Å². The lowest BCUT2D eigenvalue weighted by molar-refractivity contribution is 1.14. The van der Waals surface area contributed by atoms with Gasteiger partial charge in [0.2, 0.25) is 32.6 Å². The second-order valence-electron chi connectivity index (χ2n) is 24.6. The molecule has 0 amide bonds. The summed E-state index contributed by atoms with van der Waals surface area (Å²) >= 11 is 0. The minimum Gasteiger partial charge on any atom is -0.285 e. The molecule has 16 aromatic rings. The third-order valence-electron chi connectivity index (χ3n) is 20.1. The van der Waals surface area contributed by atoms with Crippen molar-refractivity contribution in [1.82, 2.24) is 0 Å². The zero-order valence-corrected chi connectivity index (χ0v) is 51.0. The van der Waals surface area contributed by atoms with E-state index in [4.69, 9.17) is 0 Å². The van der Waals surface area contributed by atoms with Crippen LogP contribution >= 0.6 is 0 Å². The number of benzene rings is 16. The molecule has 0 saturated heterocycles. The second kappa shape index (κ2) is 20.5. The van der Waals surface area contributed by atoms with Gasteiger partial charge in [0.15, 0.2) is 0 Å². The molecule has 0 radical (unpaired) electrons. The summed E-state index contributed by atoms with van der Waals surface area (Å²) in [6.07, 6.45) is 4.94. The SMILES string of the molecule is CCc1ccc(-c2cc3c(cc2-c2ccc(CC)cc2)c2c(=O)c(=O)c4c5cc(-c6ccc(CC)cc6)c(-c6ccc(CC)cc6)cc5c5c(=O)c(=O)c6c7cc(-c8ccc(CC)cc8)c(-c8ccc(CC)cc8)cc7c7c(=O)c(=O)c3c3c7c6c5c4c23)cc1. The van der Waals surface area contributed by atoms with Crippen molar-refractivity contribution in [1.29, 1.82) is 0 Å². The Hall–Kier alpha value is -10.6. The van der Waals surface area contributed by atoms with Gasteiger partial charge in [0.1, 0.15) is 0 Å². The van der Waals surface area contributed by atoms with Gasteiger partial charge in [-0.1, -0.05) is 187 Å². The Morgan fingerprint density at radius 1 is 0.178 bits per heavy atom. The van der Waals surface area contributed by atoms with Gasteiger partial charge in [-0.25, -0.2) is 0 Å². The standard InChI is InChI=1S/C84H60O6/c1-7-43-13-25-49(26-14-43)55-37-61-62(38-56(55)50-27-15-44(8-2)16-28-50)68-74-73-67(61)79(85)81(87)69-63-39-57(51-29-17-45(9-3)18-30-51)58(52-31-19-46(10-4)20-32-52)40-64(63)71-77(75(69)73)78-72(84(90)83(71)89)66-42-60(54-35-23-48(12-6)24-36-54)59(53-33-21-47(11-5)22-34-53)41-65(66)70(76(74)78)82(88)80(68)86/h13-42H,7-12H2,1-6H3. The maximum absolute atomic E-state index is 16.3. The summed E-state index contributed by atoms with van der Waals surface area (Å²) in [5, 5.41) is 4.55. The third kappa shape index (κ3) is 7.76.